The van der Waals surface area contributed by atoms with Crippen LogP contribution in [0.2, 0.25) is 15.1 Å². The topological polar surface area (TPSA) is 50.7 Å². The Labute approximate surface area is 216 Å². The van der Waals surface area contributed by atoms with E-state index in [1.54, 1.807) is 30.6 Å². The van der Waals surface area contributed by atoms with Crippen LogP contribution in [0.15, 0.2) is 73.1 Å². The van der Waals surface area contributed by atoms with Crippen molar-refractivity contribution in [3.8, 4) is 22.5 Å². The molecule has 0 saturated heterocycles. The Bertz CT molecular complexity index is 1540. The maximum Gasteiger partial charge on any atom is 0.269 e. The summed E-state index contributed by atoms with van der Waals surface area (Å²) < 4.78 is 2.00. The Morgan fingerprint density at radius 1 is 0.971 bits per heavy atom. The first-order valence-corrected chi connectivity index (χ1v) is 11.9. The molecule has 170 valence electrons. The van der Waals surface area contributed by atoms with E-state index in [1.807, 2.05) is 54.0 Å². The maximum absolute atomic E-state index is 12.5. The van der Waals surface area contributed by atoms with Gasteiger partial charge in [0.15, 0.2) is 0 Å². The number of fused-ring (bicyclic) bond motifs is 1. The van der Waals surface area contributed by atoms with Crippen LogP contribution in [0.25, 0.3) is 33.4 Å². The van der Waals surface area contributed by atoms with E-state index < -0.39 is 5.24 Å². The molecule has 34 heavy (non-hydrogen) atoms. The normalized spacial score (nSPS) is 12.3. The summed E-state index contributed by atoms with van der Waals surface area (Å²) in [5, 5.41) is 1.85. The van der Waals surface area contributed by atoms with E-state index in [9.17, 15) is 4.79 Å². The van der Waals surface area contributed by atoms with Crippen LogP contribution in [-0.4, -0.2) is 19.8 Å². The largest absolute Gasteiger partial charge is 0.350 e. The molecule has 0 amide bonds. The van der Waals surface area contributed by atoms with Crippen LogP contribution in [0.5, 0.6) is 0 Å². The van der Waals surface area contributed by atoms with Gasteiger partial charge in [0, 0.05) is 37.1 Å². The Hall–Kier alpha value is -2.76. The molecule has 1 atom stereocenters. The Kier molecular flexibility index (Phi) is 6.17. The summed E-state index contributed by atoms with van der Waals surface area (Å²) in [6, 6.07) is 20.4. The van der Waals surface area contributed by atoms with Gasteiger partial charge in [0.05, 0.1) is 23.8 Å². The zero-order valence-corrected chi connectivity index (χ0v) is 20.8. The second-order valence-electron chi connectivity index (χ2n) is 7.90. The first kappa shape index (κ1) is 23.0. The molecule has 0 saturated carbocycles. The van der Waals surface area contributed by atoms with Gasteiger partial charge in [-0.2, -0.15) is 0 Å². The van der Waals surface area contributed by atoms with Gasteiger partial charge in [0.2, 0.25) is 0 Å². The minimum absolute atomic E-state index is 0.222. The average Bonchev–Trinajstić information content (AvgIpc) is 3.40. The van der Waals surface area contributed by atoms with Gasteiger partial charge < -0.3 is 9.55 Å². The fourth-order valence-corrected chi connectivity index (χ4v) is 5.14. The van der Waals surface area contributed by atoms with Gasteiger partial charge in [-0.1, -0.05) is 77.3 Å². The minimum atomic E-state index is -0.605. The highest BCUT2D eigenvalue weighted by molar-refractivity contribution is 6.68. The molecule has 0 radical (unpaired) electrons. The highest BCUT2D eigenvalue weighted by atomic mass is 35.5. The Morgan fingerprint density at radius 2 is 1.68 bits per heavy atom. The van der Waals surface area contributed by atoms with Crippen molar-refractivity contribution in [1.29, 1.82) is 0 Å². The molecule has 0 aliphatic carbocycles. The van der Waals surface area contributed by atoms with E-state index in [0.29, 0.717) is 31.8 Å². The van der Waals surface area contributed by atoms with Crippen LogP contribution in [-0.2, 0) is 0 Å². The molecule has 5 aromatic rings. The van der Waals surface area contributed by atoms with Gasteiger partial charge in [-0.25, -0.2) is 4.98 Å². The zero-order chi connectivity index (χ0) is 24.0. The standard InChI is InChI=1S/C26H17Cl4N3O/c1-14(18-9-7-16(27)11-20(18)29)33-13-31-23(15-5-3-2-4-6-15)25(33)22-19-10-8-17(28)12-21(19)32-24(22)26(30)34/h2-14,32H,1H3/t14-/m0/s1. The van der Waals surface area contributed by atoms with Crippen molar-refractivity contribution in [2.24, 2.45) is 0 Å². The molecule has 0 unspecified atom stereocenters. The van der Waals surface area contributed by atoms with Gasteiger partial charge in [-0.15, -0.1) is 0 Å². The summed E-state index contributed by atoms with van der Waals surface area (Å²) in [6.45, 7) is 2.02. The molecule has 0 aliphatic rings. The lowest BCUT2D eigenvalue weighted by Crippen LogP contribution is -2.09. The summed E-state index contributed by atoms with van der Waals surface area (Å²) in [7, 11) is 0. The van der Waals surface area contributed by atoms with E-state index in [-0.39, 0.29) is 11.7 Å². The monoisotopic (exact) mass is 527 g/mol. The highest BCUT2D eigenvalue weighted by Gasteiger charge is 2.27. The fraction of sp³-hybridized carbons (Fsp3) is 0.0769. The number of nitrogens with one attached hydrogen (secondary N) is 1. The highest BCUT2D eigenvalue weighted by Crippen LogP contribution is 2.42. The van der Waals surface area contributed by atoms with Crippen molar-refractivity contribution in [2.45, 2.75) is 13.0 Å². The summed E-state index contributed by atoms with van der Waals surface area (Å²) in [6.07, 6.45) is 1.75. The number of imidazole rings is 1. The van der Waals surface area contributed by atoms with E-state index in [1.165, 1.54) is 0 Å². The van der Waals surface area contributed by atoms with Gasteiger partial charge >= 0.3 is 0 Å². The van der Waals surface area contributed by atoms with Crippen LogP contribution in [0, 0.1) is 0 Å². The molecule has 0 fully saturated rings. The van der Waals surface area contributed by atoms with E-state index in [4.69, 9.17) is 51.4 Å². The summed E-state index contributed by atoms with van der Waals surface area (Å²) >= 11 is 25.0. The van der Waals surface area contributed by atoms with Gasteiger partial charge in [-0.3, -0.25) is 4.79 Å². The number of carbonyl (C=O) groups excluding carboxylic acids is 1. The number of hydrogen-bond acceptors (Lipinski definition) is 2. The average molecular weight is 529 g/mol. The number of aromatic nitrogens is 3. The molecule has 0 spiro atoms. The number of nitrogens with zero attached hydrogens (tertiary/aromatic N) is 2. The number of aromatic amines is 1. The zero-order valence-electron chi connectivity index (χ0n) is 17.8. The molecule has 3 aromatic carbocycles. The maximum atomic E-state index is 12.5. The number of H-pyrrole nitrogens is 1. The van der Waals surface area contributed by atoms with Crippen LogP contribution in [0.3, 0.4) is 0 Å². The third-order valence-corrected chi connectivity index (χ3v) is 6.85. The van der Waals surface area contributed by atoms with Crippen molar-refractivity contribution >= 4 is 62.5 Å². The second-order valence-corrected chi connectivity index (χ2v) is 9.52. The Balaban J connectivity index is 1.84. The van der Waals surface area contributed by atoms with E-state index in [2.05, 4.69) is 4.98 Å². The number of rotatable bonds is 5. The third kappa shape index (κ3) is 4.01. The van der Waals surface area contributed by atoms with Crippen molar-refractivity contribution in [3.05, 3.63) is 99.4 Å². The number of halogens is 4. The molecule has 5 rings (SSSR count). The lowest BCUT2D eigenvalue weighted by Gasteiger charge is -2.20. The summed E-state index contributed by atoms with van der Waals surface area (Å²) in [4.78, 5) is 20.4. The van der Waals surface area contributed by atoms with Crippen LogP contribution in [0.4, 0.5) is 0 Å². The van der Waals surface area contributed by atoms with Crippen LogP contribution >= 0.6 is 46.4 Å². The number of benzene rings is 3. The van der Waals surface area contributed by atoms with Gasteiger partial charge in [0.25, 0.3) is 5.24 Å². The summed E-state index contributed by atoms with van der Waals surface area (Å²) in [5.41, 5.74) is 4.85. The Morgan fingerprint density at radius 3 is 2.38 bits per heavy atom. The molecular formula is C26H17Cl4N3O. The second kappa shape index (κ2) is 9.12. The van der Waals surface area contributed by atoms with Crippen molar-refractivity contribution in [2.75, 3.05) is 0 Å². The van der Waals surface area contributed by atoms with Crippen molar-refractivity contribution in [3.63, 3.8) is 0 Å². The molecule has 0 bridgehead atoms. The summed E-state index contributed by atoms with van der Waals surface area (Å²) in [5.74, 6) is 0. The lowest BCUT2D eigenvalue weighted by atomic mass is 10.00. The minimum Gasteiger partial charge on any atom is -0.350 e. The van der Waals surface area contributed by atoms with Crippen LogP contribution in [0.1, 0.15) is 29.0 Å². The van der Waals surface area contributed by atoms with E-state index in [0.717, 1.165) is 22.2 Å². The fourth-order valence-electron chi connectivity index (χ4n) is 4.26. The third-order valence-electron chi connectivity index (χ3n) is 5.86. The van der Waals surface area contributed by atoms with Gasteiger partial charge in [-0.05, 0) is 48.4 Å². The number of hydrogen-bond donors (Lipinski definition) is 1. The van der Waals surface area contributed by atoms with Gasteiger partial charge in [0.1, 0.15) is 5.69 Å². The first-order chi connectivity index (χ1) is 16.3. The van der Waals surface area contributed by atoms with E-state index >= 15 is 0 Å². The molecule has 2 aromatic heterocycles. The quantitative estimate of drug-likeness (QED) is 0.232. The SMILES string of the molecule is C[C@@H](c1ccc(Cl)cc1Cl)n1cnc(-c2ccccc2)c1-c1c(C(=O)Cl)[nH]c2cc(Cl)ccc12. The predicted octanol–water partition coefficient (Wildman–Crippen LogP) is 8.65. The molecule has 8 heteroatoms. The smallest absolute Gasteiger partial charge is 0.269 e. The molecule has 1 N–H and O–H groups in total. The van der Waals surface area contributed by atoms with Crippen molar-refractivity contribution < 1.29 is 4.79 Å². The molecule has 4 nitrogen and oxygen atoms in total. The molecule has 0 aliphatic heterocycles. The predicted molar refractivity (Wildman–Crippen MR) is 140 cm³/mol. The lowest BCUT2D eigenvalue weighted by molar-refractivity contribution is 0.107. The van der Waals surface area contributed by atoms with Crippen molar-refractivity contribution in [1.82, 2.24) is 14.5 Å². The molecular weight excluding hydrogens is 512 g/mol. The first-order valence-electron chi connectivity index (χ1n) is 10.4. The van der Waals surface area contributed by atoms with Crippen LogP contribution < -0.4 is 0 Å². The molecule has 2 heterocycles. The number of carbonyl (C=O) groups is 1.